The van der Waals surface area contributed by atoms with Crippen LogP contribution in [-0.2, 0) is 9.47 Å². The van der Waals surface area contributed by atoms with E-state index >= 15 is 0 Å². The average molecular weight is 347 g/mol. The first-order valence-corrected chi connectivity index (χ1v) is 9.21. The third kappa shape index (κ3) is 3.20. The molecule has 6 heteroatoms. The molecular weight excluding hydrogens is 322 g/mol. The molecule has 0 spiro atoms. The van der Waals surface area contributed by atoms with E-state index in [1.54, 1.807) is 0 Å². The molecule has 3 atom stereocenters. The Bertz CT molecular complexity index is 634. The summed E-state index contributed by atoms with van der Waals surface area (Å²) in [6, 6.07) is 5.56. The zero-order chi connectivity index (χ0) is 17.2. The van der Waals surface area contributed by atoms with Crippen molar-refractivity contribution in [1.82, 2.24) is 4.90 Å². The fourth-order valence-electron chi connectivity index (χ4n) is 3.99. The van der Waals surface area contributed by atoms with Crippen molar-refractivity contribution < 1.29 is 23.7 Å². The van der Waals surface area contributed by atoms with E-state index in [-0.39, 0.29) is 24.2 Å². The summed E-state index contributed by atoms with van der Waals surface area (Å²) < 4.78 is 23.1. The first-order valence-electron chi connectivity index (χ1n) is 9.21. The normalized spacial score (nSPS) is 28.4. The Labute approximate surface area is 148 Å². The van der Waals surface area contributed by atoms with Gasteiger partial charge in [0.25, 0.3) is 5.91 Å². The number of benzene rings is 1. The van der Waals surface area contributed by atoms with Crippen molar-refractivity contribution in [3.63, 3.8) is 0 Å². The molecule has 2 fully saturated rings. The molecule has 2 saturated heterocycles. The predicted octanol–water partition coefficient (Wildman–Crippen LogP) is 2.26. The number of carbonyl (C=O) groups is 1. The van der Waals surface area contributed by atoms with E-state index in [1.807, 2.05) is 30.0 Å². The summed E-state index contributed by atoms with van der Waals surface area (Å²) in [6.45, 7) is 5.31. The van der Waals surface area contributed by atoms with E-state index < -0.39 is 0 Å². The lowest BCUT2D eigenvalue weighted by molar-refractivity contribution is -0.0883. The first-order chi connectivity index (χ1) is 12.3. The van der Waals surface area contributed by atoms with Gasteiger partial charge in [-0.3, -0.25) is 4.79 Å². The molecule has 1 amide bonds. The van der Waals surface area contributed by atoms with Crippen molar-refractivity contribution in [1.29, 1.82) is 0 Å². The lowest BCUT2D eigenvalue weighted by Crippen LogP contribution is -2.55. The van der Waals surface area contributed by atoms with Crippen molar-refractivity contribution in [2.45, 2.75) is 44.4 Å². The summed E-state index contributed by atoms with van der Waals surface area (Å²) in [6.07, 6.45) is 2.60. The quantitative estimate of drug-likeness (QED) is 0.839. The van der Waals surface area contributed by atoms with Crippen LogP contribution in [0.4, 0.5) is 0 Å². The lowest BCUT2D eigenvalue weighted by atomic mass is 9.94. The SMILES string of the molecule is CCO[C@@H]1CCN(C(=O)c2ccc3c(c2)OCCCO3)[C@H]2CCO[C@H]12. The van der Waals surface area contributed by atoms with Crippen LogP contribution in [0.5, 0.6) is 11.5 Å². The van der Waals surface area contributed by atoms with Gasteiger partial charge in [0.15, 0.2) is 11.5 Å². The van der Waals surface area contributed by atoms with Gasteiger partial charge in [-0.25, -0.2) is 0 Å². The Morgan fingerprint density at radius 3 is 2.88 bits per heavy atom. The third-order valence-electron chi connectivity index (χ3n) is 5.16. The summed E-state index contributed by atoms with van der Waals surface area (Å²) in [7, 11) is 0. The second kappa shape index (κ2) is 7.22. The number of nitrogens with zero attached hydrogens (tertiary/aromatic N) is 1. The number of hydrogen-bond acceptors (Lipinski definition) is 5. The van der Waals surface area contributed by atoms with Crippen LogP contribution in [0.2, 0.25) is 0 Å². The molecule has 0 N–H and O–H groups in total. The minimum atomic E-state index is -0.0157. The highest BCUT2D eigenvalue weighted by atomic mass is 16.5. The monoisotopic (exact) mass is 347 g/mol. The maximum absolute atomic E-state index is 13.1. The standard InChI is InChI=1S/C19H25NO5/c1-2-22-16-6-8-20(14-7-11-25-18(14)16)19(21)13-4-5-15-17(12-13)24-10-3-9-23-15/h4-5,12,14,16,18H,2-3,6-11H2,1H3/t14-,16+,18-/m0/s1. The van der Waals surface area contributed by atoms with Gasteiger partial charge in [-0.15, -0.1) is 0 Å². The summed E-state index contributed by atoms with van der Waals surface area (Å²) >= 11 is 0. The number of rotatable bonds is 3. The van der Waals surface area contributed by atoms with E-state index in [4.69, 9.17) is 18.9 Å². The molecular formula is C19H25NO5. The molecule has 3 aliphatic rings. The second-order valence-electron chi connectivity index (χ2n) is 6.68. The molecule has 6 nitrogen and oxygen atoms in total. The lowest BCUT2D eigenvalue weighted by Gasteiger charge is -2.41. The molecule has 1 aromatic carbocycles. The highest BCUT2D eigenvalue weighted by Crippen LogP contribution is 2.34. The molecule has 3 heterocycles. The molecule has 0 radical (unpaired) electrons. The smallest absolute Gasteiger partial charge is 0.254 e. The molecule has 0 unspecified atom stereocenters. The zero-order valence-corrected chi connectivity index (χ0v) is 14.6. The molecule has 0 bridgehead atoms. The van der Waals surface area contributed by atoms with Crippen molar-refractivity contribution >= 4 is 5.91 Å². The number of amides is 1. The maximum Gasteiger partial charge on any atom is 0.254 e. The Morgan fingerprint density at radius 2 is 2.04 bits per heavy atom. The summed E-state index contributed by atoms with van der Waals surface area (Å²) in [5.41, 5.74) is 0.643. The largest absolute Gasteiger partial charge is 0.490 e. The number of carbonyl (C=O) groups excluding carboxylic acids is 1. The molecule has 136 valence electrons. The van der Waals surface area contributed by atoms with Gasteiger partial charge in [0.1, 0.15) is 6.10 Å². The fourth-order valence-corrected chi connectivity index (χ4v) is 3.99. The Balaban J connectivity index is 1.54. The van der Waals surface area contributed by atoms with Crippen LogP contribution in [0.1, 0.15) is 36.5 Å². The highest BCUT2D eigenvalue weighted by Gasteiger charge is 2.44. The van der Waals surface area contributed by atoms with Crippen LogP contribution in [-0.4, -0.2) is 62.0 Å². The van der Waals surface area contributed by atoms with E-state index in [1.165, 1.54) is 0 Å². The number of likely N-dealkylation sites (tertiary alicyclic amines) is 1. The van der Waals surface area contributed by atoms with E-state index in [0.29, 0.717) is 50.0 Å². The summed E-state index contributed by atoms with van der Waals surface area (Å²) in [5, 5.41) is 0. The Morgan fingerprint density at radius 1 is 1.20 bits per heavy atom. The molecule has 0 aliphatic carbocycles. The maximum atomic E-state index is 13.1. The minimum Gasteiger partial charge on any atom is -0.490 e. The van der Waals surface area contributed by atoms with E-state index in [2.05, 4.69) is 0 Å². The van der Waals surface area contributed by atoms with Gasteiger partial charge >= 0.3 is 0 Å². The number of fused-ring (bicyclic) bond motifs is 2. The van der Waals surface area contributed by atoms with Crippen molar-refractivity contribution in [3.8, 4) is 11.5 Å². The fraction of sp³-hybridized carbons (Fsp3) is 0.632. The van der Waals surface area contributed by atoms with Gasteiger partial charge in [-0.05, 0) is 38.0 Å². The number of ether oxygens (including phenoxy) is 4. The molecule has 25 heavy (non-hydrogen) atoms. The second-order valence-corrected chi connectivity index (χ2v) is 6.68. The van der Waals surface area contributed by atoms with Gasteiger partial charge < -0.3 is 23.8 Å². The van der Waals surface area contributed by atoms with Crippen LogP contribution in [0, 0.1) is 0 Å². The summed E-state index contributed by atoms with van der Waals surface area (Å²) in [4.78, 5) is 15.1. The van der Waals surface area contributed by atoms with Gasteiger partial charge in [-0.2, -0.15) is 0 Å². The molecule has 0 saturated carbocycles. The summed E-state index contributed by atoms with van der Waals surface area (Å²) in [5.74, 6) is 1.41. The number of piperidine rings is 1. The van der Waals surface area contributed by atoms with Crippen LogP contribution in [0.25, 0.3) is 0 Å². The van der Waals surface area contributed by atoms with Crippen molar-refractivity contribution in [3.05, 3.63) is 23.8 Å². The Hall–Kier alpha value is -1.79. The van der Waals surface area contributed by atoms with Gasteiger partial charge in [0.05, 0.1) is 25.4 Å². The van der Waals surface area contributed by atoms with Crippen LogP contribution in [0.15, 0.2) is 18.2 Å². The third-order valence-corrected chi connectivity index (χ3v) is 5.16. The predicted molar refractivity (Wildman–Crippen MR) is 91.3 cm³/mol. The zero-order valence-electron chi connectivity index (χ0n) is 14.6. The molecule has 3 aliphatic heterocycles. The van der Waals surface area contributed by atoms with E-state index in [9.17, 15) is 4.79 Å². The molecule has 1 aromatic rings. The van der Waals surface area contributed by atoms with Gasteiger partial charge in [0, 0.05) is 31.7 Å². The highest BCUT2D eigenvalue weighted by molar-refractivity contribution is 5.95. The van der Waals surface area contributed by atoms with Gasteiger partial charge in [-0.1, -0.05) is 0 Å². The first kappa shape index (κ1) is 16.7. The average Bonchev–Trinajstić information content (AvgIpc) is 3.01. The van der Waals surface area contributed by atoms with Crippen LogP contribution in [0.3, 0.4) is 0 Å². The topological polar surface area (TPSA) is 57.2 Å². The molecule has 4 rings (SSSR count). The number of hydrogen-bond donors (Lipinski definition) is 0. The van der Waals surface area contributed by atoms with Crippen LogP contribution < -0.4 is 9.47 Å². The molecule has 0 aromatic heterocycles. The Kier molecular flexibility index (Phi) is 4.81. The van der Waals surface area contributed by atoms with Crippen molar-refractivity contribution in [2.75, 3.05) is 33.0 Å². The van der Waals surface area contributed by atoms with Crippen LogP contribution >= 0.6 is 0 Å². The van der Waals surface area contributed by atoms with E-state index in [0.717, 1.165) is 19.3 Å². The van der Waals surface area contributed by atoms with Crippen molar-refractivity contribution in [2.24, 2.45) is 0 Å². The van der Waals surface area contributed by atoms with Gasteiger partial charge in [0.2, 0.25) is 0 Å². The minimum absolute atomic E-state index is 0.0157.